The highest BCUT2D eigenvalue weighted by Crippen LogP contribution is 2.27. The first-order valence-corrected chi connectivity index (χ1v) is 5.94. The fourth-order valence-electron chi connectivity index (χ4n) is 1.07. The van der Waals surface area contributed by atoms with Gasteiger partial charge in [0.1, 0.15) is 12.4 Å². The number of ether oxygens (including phenoxy) is 2. The number of benzene rings is 1. The third-order valence-electron chi connectivity index (χ3n) is 2.01. The molecule has 0 amide bonds. The molecule has 0 spiro atoms. The topological polar surface area (TPSA) is 59.4 Å². The molecular formula is C11H10Cl3NO3. The van der Waals surface area contributed by atoms with Crippen LogP contribution >= 0.6 is 34.8 Å². The summed E-state index contributed by atoms with van der Waals surface area (Å²) in [6, 6.07) is 6.95. The fourth-order valence-corrected chi connectivity index (χ4v) is 1.33. The van der Waals surface area contributed by atoms with Crippen LogP contribution < -0.4 is 4.74 Å². The van der Waals surface area contributed by atoms with Gasteiger partial charge in [-0.2, -0.15) is 0 Å². The third kappa shape index (κ3) is 4.37. The lowest BCUT2D eigenvalue weighted by Gasteiger charge is -2.11. The second-order valence-electron chi connectivity index (χ2n) is 3.29. The first kappa shape index (κ1) is 15.1. The molecule has 0 unspecified atom stereocenters. The summed E-state index contributed by atoms with van der Waals surface area (Å²) in [4.78, 5) is 11.3. The van der Waals surface area contributed by atoms with Crippen molar-refractivity contribution in [2.75, 3.05) is 7.11 Å². The number of carbonyl (C=O) groups excluding carboxylic acids is 1. The number of nitrogens with one attached hydrogen (secondary N) is 1. The molecular weight excluding hydrogens is 300 g/mol. The highest BCUT2D eigenvalue weighted by Gasteiger charge is 2.35. The van der Waals surface area contributed by atoms with Gasteiger partial charge >= 0.3 is 0 Å². The van der Waals surface area contributed by atoms with Crippen LogP contribution in [0.25, 0.3) is 0 Å². The predicted molar refractivity (Wildman–Crippen MR) is 70.8 cm³/mol. The Morgan fingerprint density at radius 1 is 1.28 bits per heavy atom. The molecule has 4 nitrogen and oxygen atoms in total. The molecule has 1 rings (SSSR count). The van der Waals surface area contributed by atoms with E-state index in [4.69, 9.17) is 49.7 Å². The number of hydrogen-bond donors (Lipinski definition) is 1. The highest BCUT2D eigenvalue weighted by molar-refractivity contribution is 6.81. The molecule has 7 heteroatoms. The fraction of sp³-hybridized carbons (Fsp3) is 0.273. The van der Waals surface area contributed by atoms with Crippen molar-refractivity contribution in [3.8, 4) is 5.75 Å². The molecule has 0 bridgehead atoms. The quantitative estimate of drug-likeness (QED) is 0.528. The maximum Gasteiger partial charge on any atom is 0.267 e. The molecule has 1 aromatic rings. The average molecular weight is 311 g/mol. The molecule has 0 atom stereocenters. The maximum absolute atomic E-state index is 11.3. The molecule has 0 saturated carbocycles. The molecule has 0 aliphatic carbocycles. The zero-order valence-electron chi connectivity index (χ0n) is 9.38. The van der Waals surface area contributed by atoms with Crippen LogP contribution in [-0.2, 0) is 16.1 Å². The van der Waals surface area contributed by atoms with Crippen LogP contribution in [0.1, 0.15) is 5.56 Å². The summed E-state index contributed by atoms with van der Waals surface area (Å²) in [6.45, 7) is 0.0370. The van der Waals surface area contributed by atoms with Gasteiger partial charge in [0.2, 0.25) is 0 Å². The van der Waals surface area contributed by atoms with Gasteiger partial charge in [-0.3, -0.25) is 10.2 Å². The van der Waals surface area contributed by atoms with E-state index in [2.05, 4.69) is 0 Å². The Bertz CT molecular complexity index is 440. The Hall–Kier alpha value is -0.970. The van der Waals surface area contributed by atoms with Crippen molar-refractivity contribution in [2.45, 2.75) is 10.4 Å². The lowest BCUT2D eigenvalue weighted by atomic mass is 10.2. The number of Topliss-reactive ketones (excluding diaryl/α,β-unsaturated/α-hetero) is 1. The summed E-state index contributed by atoms with van der Waals surface area (Å²) >= 11 is 16.0. The molecule has 18 heavy (non-hydrogen) atoms. The number of rotatable bonds is 4. The van der Waals surface area contributed by atoms with Gasteiger partial charge in [-0.15, -0.1) is 0 Å². The van der Waals surface area contributed by atoms with Gasteiger partial charge in [-0.05, 0) is 17.7 Å². The second kappa shape index (κ2) is 6.27. The zero-order chi connectivity index (χ0) is 13.8. The van der Waals surface area contributed by atoms with Crippen molar-refractivity contribution in [3.05, 3.63) is 29.8 Å². The van der Waals surface area contributed by atoms with E-state index in [1.54, 1.807) is 31.4 Å². The minimum atomic E-state index is -2.17. The van der Waals surface area contributed by atoms with Crippen molar-refractivity contribution >= 4 is 46.5 Å². The molecule has 0 fully saturated rings. The Morgan fingerprint density at radius 2 is 1.83 bits per heavy atom. The molecule has 1 N–H and O–H groups in total. The summed E-state index contributed by atoms with van der Waals surface area (Å²) in [7, 11) is 1.56. The number of hydrogen-bond acceptors (Lipinski definition) is 4. The van der Waals surface area contributed by atoms with Crippen molar-refractivity contribution in [3.63, 3.8) is 0 Å². The van der Waals surface area contributed by atoms with Crippen LogP contribution in [0.4, 0.5) is 0 Å². The van der Waals surface area contributed by atoms with Crippen LogP contribution in [0, 0.1) is 5.41 Å². The van der Waals surface area contributed by atoms with Gasteiger partial charge in [0.25, 0.3) is 15.5 Å². The lowest BCUT2D eigenvalue weighted by Crippen LogP contribution is -2.29. The smallest absolute Gasteiger partial charge is 0.267 e. The molecule has 0 heterocycles. The first-order valence-electron chi connectivity index (χ1n) is 4.80. The Morgan fingerprint density at radius 3 is 2.28 bits per heavy atom. The van der Waals surface area contributed by atoms with E-state index < -0.39 is 15.5 Å². The van der Waals surface area contributed by atoms with E-state index in [0.29, 0.717) is 5.75 Å². The number of alkyl halides is 3. The minimum Gasteiger partial charge on any atom is -0.497 e. The van der Waals surface area contributed by atoms with E-state index in [9.17, 15) is 4.79 Å². The molecule has 0 aliphatic heterocycles. The largest absolute Gasteiger partial charge is 0.497 e. The molecule has 0 aliphatic rings. The molecule has 0 radical (unpaired) electrons. The van der Waals surface area contributed by atoms with E-state index in [-0.39, 0.29) is 6.61 Å². The zero-order valence-corrected chi connectivity index (χ0v) is 11.6. The van der Waals surface area contributed by atoms with Crippen LogP contribution in [0.15, 0.2) is 24.3 Å². The van der Waals surface area contributed by atoms with Crippen molar-refractivity contribution in [1.29, 1.82) is 5.41 Å². The Labute approximate surface area is 119 Å². The van der Waals surface area contributed by atoms with E-state index >= 15 is 0 Å². The van der Waals surface area contributed by atoms with Crippen molar-refractivity contribution < 1.29 is 14.3 Å². The molecule has 98 valence electrons. The summed E-state index contributed by atoms with van der Waals surface area (Å²) in [5.74, 6) is -0.988. The number of methoxy groups -OCH3 is 1. The minimum absolute atomic E-state index is 0.0370. The Kier molecular flexibility index (Phi) is 5.26. The summed E-state index contributed by atoms with van der Waals surface area (Å²) < 4.78 is 7.75. The molecule has 1 aromatic carbocycles. The summed E-state index contributed by atoms with van der Waals surface area (Å²) in [6.07, 6.45) is 0. The van der Waals surface area contributed by atoms with E-state index in [0.717, 1.165) is 5.56 Å². The normalized spacial score (nSPS) is 10.9. The van der Waals surface area contributed by atoms with Crippen LogP contribution in [0.5, 0.6) is 5.75 Å². The first-order chi connectivity index (χ1) is 8.34. The summed E-state index contributed by atoms with van der Waals surface area (Å²) in [5, 5.41) is 7.33. The molecule has 0 saturated heterocycles. The standard InChI is InChI=1S/C11H10Cl3NO3/c1-17-8-4-2-7(3-5-8)6-18-10(15)9(16)11(12,13)14/h2-5,15H,6H2,1H3. The second-order valence-corrected chi connectivity index (χ2v) is 5.57. The highest BCUT2D eigenvalue weighted by atomic mass is 35.6. The SMILES string of the molecule is COc1ccc(COC(=N)C(=O)C(Cl)(Cl)Cl)cc1. The van der Waals surface area contributed by atoms with Gasteiger partial charge in [0.05, 0.1) is 7.11 Å². The Balaban J connectivity index is 2.55. The van der Waals surface area contributed by atoms with Crippen LogP contribution in [0.3, 0.4) is 0 Å². The monoisotopic (exact) mass is 309 g/mol. The number of carbonyl (C=O) groups is 1. The van der Waals surface area contributed by atoms with Crippen LogP contribution in [-0.4, -0.2) is 22.6 Å². The van der Waals surface area contributed by atoms with E-state index in [1.165, 1.54) is 0 Å². The predicted octanol–water partition coefficient (Wildman–Crippen LogP) is 3.13. The van der Waals surface area contributed by atoms with Gasteiger partial charge in [0, 0.05) is 0 Å². The van der Waals surface area contributed by atoms with Crippen molar-refractivity contribution in [2.24, 2.45) is 0 Å². The van der Waals surface area contributed by atoms with Crippen molar-refractivity contribution in [1.82, 2.24) is 0 Å². The van der Waals surface area contributed by atoms with Gasteiger partial charge in [0.15, 0.2) is 0 Å². The third-order valence-corrected chi connectivity index (χ3v) is 2.52. The van der Waals surface area contributed by atoms with E-state index in [1.807, 2.05) is 0 Å². The maximum atomic E-state index is 11.3. The number of ketones is 1. The summed E-state index contributed by atoms with van der Waals surface area (Å²) in [5.41, 5.74) is 0.762. The average Bonchev–Trinajstić information content (AvgIpc) is 2.34. The van der Waals surface area contributed by atoms with Gasteiger partial charge in [-0.25, -0.2) is 0 Å². The van der Waals surface area contributed by atoms with Crippen LogP contribution in [0.2, 0.25) is 0 Å². The van der Waals surface area contributed by atoms with Gasteiger partial charge < -0.3 is 9.47 Å². The molecule has 0 aromatic heterocycles. The number of halogens is 3. The van der Waals surface area contributed by atoms with Gasteiger partial charge in [-0.1, -0.05) is 46.9 Å². The lowest BCUT2D eigenvalue weighted by molar-refractivity contribution is -0.113.